The van der Waals surface area contributed by atoms with Crippen LogP contribution in [0.2, 0.25) is 0 Å². The van der Waals surface area contributed by atoms with E-state index in [1.54, 1.807) is 0 Å². The molecule has 2 heterocycles. The summed E-state index contributed by atoms with van der Waals surface area (Å²) < 4.78 is 1.13. The van der Waals surface area contributed by atoms with E-state index in [2.05, 4.69) is 39.0 Å². The monoisotopic (exact) mass is 329 g/mol. The predicted octanol–water partition coefficient (Wildman–Crippen LogP) is 3.74. The number of halogens is 2. The van der Waals surface area contributed by atoms with Crippen molar-refractivity contribution in [3.05, 3.63) is 34.3 Å². The minimum absolute atomic E-state index is 0. The van der Waals surface area contributed by atoms with Crippen LogP contribution in [-0.4, -0.2) is 23.3 Å². The molecule has 3 rings (SSSR count). The quantitative estimate of drug-likeness (QED) is 0.782. The van der Waals surface area contributed by atoms with Crippen molar-refractivity contribution in [2.24, 2.45) is 0 Å². The fourth-order valence-corrected chi connectivity index (χ4v) is 3.75. The topological polar surface area (TPSA) is 20.3 Å². The summed E-state index contributed by atoms with van der Waals surface area (Å²) in [4.78, 5) is 14.4. The zero-order valence-corrected chi connectivity index (χ0v) is 12.5. The van der Waals surface area contributed by atoms with Crippen LogP contribution >= 0.6 is 28.3 Å². The van der Waals surface area contributed by atoms with E-state index in [1.165, 1.54) is 18.4 Å². The smallest absolute Gasteiger partial charge is 0.136 e. The molecule has 4 heteroatoms. The third kappa shape index (κ3) is 2.49. The van der Waals surface area contributed by atoms with Gasteiger partial charge in [0.2, 0.25) is 0 Å². The van der Waals surface area contributed by atoms with E-state index in [0.29, 0.717) is 24.3 Å². The lowest BCUT2D eigenvalue weighted by atomic mass is 9.91. The summed E-state index contributed by atoms with van der Waals surface area (Å²) in [7, 11) is 0. The van der Waals surface area contributed by atoms with Gasteiger partial charge in [0, 0.05) is 29.4 Å². The largest absolute Gasteiger partial charge is 0.300 e. The van der Waals surface area contributed by atoms with Gasteiger partial charge in [0.1, 0.15) is 5.78 Å². The van der Waals surface area contributed by atoms with Gasteiger partial charge in [-0.05, 0) is 31.0 Å². The van der Waals surface area contributed by atoms with E-state index in [1.807, 2.05) is 6.07 Å². The molecule has 0 aliphatic carbocycles. The second-order valence-corrected chi connectivity index (χ2v) is 5.87. The molecule has 2 aliphatic rings. The molecule has 2 aliphatic heterocycles. The number of hydrogen-bond acceptors (Lipinski definition) is 2. The van der Waals surface area contributed by atoms with E-state index >= 15 is 0 Å². The predicted molar refractivity (Wildman–Crippen MR) is 78.1 cm³/mol. The van der Waals surface area contributed by atoms with Crippen molar-refractivity contribution in [1.82, 2.24) is 4.90 Å². The fraction of sp³-hybridized carbons (Fsp3) is 0.500. The molecule has 2 nitrogen and oxygen atoms in total. The third-order valence-corrected chi connectivity index (χ3v) is 4.69. The maximum Gasteiger partial charge on any atom is 0.136 e. The van der Waals surface area contributed by atoms with Crippen LogP contribution in [-0.2, 0) is 4.79 Å². The molecular weight excluding hydrogens is 314 g/mol. The molecule has 0 spiro atoms. The van der Waals surface area contributed by atoms with Crippen LogP contribution < -0.4 is 0 Å². The number of nitrogens with zero attached hydrogens (tertiary/aromatic N) is 1. The van der Waals surface area contributed by atoms with Crippen LogP contribution in [0.1, 0.15) is 37.3 Å². The Bertz CT molecular complexity index is 451. The van der Waals surface area contributed by atoms with Crippen LogP contribution in [0.15, 0.2) is 28.7 Å². The van der Waals surface area contributed by atoms with Gasteiger partial charge in [0.25, 0.3) is 0 Å². The van der Waals surface area contributed by atoms with Gasteiger partial charge in [-0.2, -0.15) is 0 Å². The number of piperidine rings is 1. The third-order valence-electron chi connectivity index (χ3n) is 3.97. The minimum Gasteiger partial charge on any atom is -0.300 e. The summed E-state index contributed by atoms with van der Waals surface area (Å²) in [6.07, 6.45) is 3.87. The van der Waals surface area contributed by atoms with Crippen LogP contribution in [0.4, 0.5) is 0 Å². The Kier molecular flexibility index (Phi) is 4.46. The average molecular weight is 331 g/mol. The van der Waals surface area contributed by atoms with E-state index < -0.39 is 0 Å². The number of carbonyl (C=O) groups excluding carboxylic acids is 1. The van der Waals surface area contributed by atoms with Gasteiger partial charge in [0.05, 0.1) is 0 Å². The number of carbonyl (C=O) groups is 1. The van der Waals surface area contributed by atoms with E-state index in [-0.39, 0.29) is 12.4 Å². The van der Waals surface area contributed by atoms with Gasteiger partial charge < -0.3 is 0 Å². The van der Waals surface area contributed by atoms with E-state index in [9.17, 15) is 4.79 Å². The zero-order valence-electron chi connectivity index (χ0n) is 10.1. The van der Waals surface area contributed by atoms with Crippen LogP contribution in [0.3, 0.4) is 0 Å². The maximum atomic E-state index is 11.9. The maximum absolute atomic E-state index is 11.9. The lowest BCUT2D eigenvalue weighted by Crippen LogP contribution is -2.40. The second-order valence-electron chi connectivity index (χ2n) is 5.02. The first-order chi connectivity index (χ1) is 8.25. The number of benzene rings is 1. The molecule has 18 heavy (non-hydrogen) atoms. The Labute approximate surface area is 122 Å². The Morgan fingerprint density at radius 1 is 1.22 bits per heavy atom. The Balaban J connectivity index is 0.00000120. The van der Waals surface area contributed by atoms with Crippen molar-refractivity contribution < 1.29 is 4.79 Å². The first kappa shape index (κ1) is 14.0. The van der Waals surface area contributed by atoms with Gasteiger partial charge in [0.15, 0.2) is 0 Å². The summed E-state index contributed by atoms with van der Waals surface area (Å²) >= 11 is 3.61. The highest BCUT2D eigenvalue weighted by atomic mass is 79.9. The number of ketones is 1. The van der Waals surface area contributed by atoms with E-state index in [0.717, 1.165) is 17.4 Å². The van der Waals surface area contributed by atoms with Gasteiger partial charge in [-0.25, -0.2) is 0 Å². The summed E-state index contributed by atoms with van der Waals surface area (Å²) in [5.41, 5.74) is 1.27. The molecule has 0 saturated carbocycles. The Morgan fingerprint density at radius 3 is 2.78 bits per heavy atom. The molecule has 0 unspecified atom stereocenters. The minimum atomic E-state index is 0. The Hall–Kier alpha value is -0.380. The first-order valence-corrected chi connectivity index (χ1v) is 7.07. The van der Waals surface area contributed by atoms with Crippen LogP contribution in [0.5, 0.6) is 0 Å². The highest BCUT2D eigenvalue weighted by molar-refractivity contribution is 9.10. The Morgan fingerprint density at radius 2 is 2.00 bits per heavy atom. The number of hydrogen-bond donors (Lipinski definition) is 0. The zero-order chi connectivity index (χ0) is 11.8. The van der Waals surface area contributed by atoms with Crippen molar-refractivity contribution in [1.29, 1.82) is 0 Å². The highest BCUT2D eigenvalue weighted by Crippen LogP contribution is 2.40. The number of rotatable bonds is 1. The molecular formula is C14H17BrClNO. The summed E-state index contributed by atoms with van der Waals surface area (Å²) in [6, 6.07) is 9.08. The molecule has 98 valence electrons. The molecule has 0 N–H and O–H groups in total. The van der Waals surface area contributed by atoms with E-state index in [4.69, 9.17) is 0 Å². The van der Waals surface area contributed by atoms with Gasteiger partial charge in [-0.15, -0.1) is 12.4 Å². The van der Waals surface area contributed by atoms with Crippen LogP contribution in [0.25, 0.3) is 0 Å². The molecule has 2 saturated heterocycles. The number of fused-ring (bicyclic) bond motifs is 1. The highest BCUT2D eigenvalue weighted by Gasteiger charge is 2.38. The van der Waals surface area contributed by atoms with Gasteiger partial charge in [-0.3, -0.25) is 9.69 Å². The molecule has 1 aromatic carbocycles. The molecule has 0 amide bonds. The van der Waals surface area contributed by atoms with Crippen molar-refractivity contribution in [2.45, 2.75) is 37.8 Å². The molecule has 0 bridgehead atoms. The summed E-state index contributed by atoms with van der Waals surface area (Å²) in [6.45, 7) is 1.14. The SMILES string of the molecule is Cl.O=C1C[C@H]2CCCN2[C@@H](c2ccccc2Br)C1. The van der Waals surface area contributed by atoms with Crippen molar-refractivity contribution in [2.75, 3.05) is 6.54 Å². The molecule has 0 radical (unpaired) electrons. The molecule has 0 aromatic heterocycles. The molecule has 1 aromatic rings. The van der Waals surface area contributed by atoms with Crippen molar-refractivity contribution in [3.63, 3.8) is 0 Å². The summed E-state index contributed by atoms with van der Waals surface area (Å²) in [5, 5.41) is 0. The fourth-order valence-electron chi connectivity index (χ4n) is 3.20. The van der Waals surface area contributed by atoms with Gasteiger partial charge in [-0.1, -0.05) is 34.1 Å². The molecule has 2 atom stereocenters. The summed E-state index contributed by atoms with van der Waals surface area (Å²) in [5.74, 6) is 0.425. The lowest BCUT2D eigenvalue weighted by Gasteiger charge is -2.37. The first-order valence-electron chi connectivity index (χ1n) is 6.27. The van der Waals surface area contributed by atoms with Crippen molar-refractivity contribution >= 4 is 34.1 Å². The average Bonchev–Trinajstić information content (AvgIpc) is 2.76. The van der Waals surface area contributed by atoms with Gasteiger partial charge >= 0.3 is 0 Å². The molecule has 2 fully saturated rings. The number of Topliss-reactive ketones (excluding diaryl/α,β-unsaturated/α-hetero) is 1. The standard InChI is InChI=1S/C14H16BrNO.ClH/c15-13-6-2-1-5-12(13)14-9-11(17)8-10-4-3-7-16(10)14;/h1-2,5-6,10,14H,3-4,7-9H2;1H/t10-,14-;/m1./s1. The lowest BCUT2D eigenvalue weighted by molar-refractivity contribution is -0.124. The van der Waals surface area contributed by atoms with Crippen molar-refractivity contribution in [3.8, 4) is 0 Å². The normalized spacial score (nSPS) is 27.7. The second kappa shape index (κ2) is 5.72. The van der Waals surface area contributed by atoms with Crippen LogP contribution in [0, 0.1) is 0 Å².